The van der Waals surface area contributed by atoms with Crippen molar-refractivity contribution in [3.63, 3.8) is 0 Å². The molecule has 0 saturated heterocycles. The Bertz CT molecular complexity index is 1540. The largest absolute Gasteiger partial charge is 0.481 e. The van der Waals surface area contributed by atoms with Gasteiger partial charge in [-0.25, -0.2) is 19.7 Å². The number of nitrogen functional groups attached to an aromatic ring is 1. The highest BCUT2D eigenvalue weighted by Gasteiger charge is 2.17. The van der Waals surface area contributed by atoms with Gasteiger partial charge in [-0.05, 0) is 29.8 Å². The van der Waals surface area contributed by atoms with Gasteiger partial charge in [0.05, 0.1) is 42.2 Å². The van der Waals surface area contributed by atoms with Gasteiger partial charge in [-0.3, -0.25) is 4.57 Å². The molecule has 9 heteroatoms. The molecule has 9 nitrogen and oxygen atoms in total. The summed E-state index contributed by atoms with van der Waals surface area (Å²) in [7, 11) is 4.80. The number of nitrogens with zero attached hydrogens (tertiary/aromatic N) is 4. The first-order chi connectivity index (χ1) is 15.5. The van der Waals surface area contributed by atoms with E-state index in [4.69, 9.17) is 20.2 Å². The van der Waals surface area contributed by atoms with Crippen LogP contribution in [0.3, 0.4) is 0 Å². The lowest BCUT2D eigenvalue weighted by Gasteiger charge is -2.10. The van der Waals surface area contributed by atoms with E-state index in [1.807, 2.05) is 30.3 Å². The zero-order chi connectivity index (χ0) is 22.4. The van der Waals surface area contributed by atoms with Crippen LogP contribution >= 0.6 is 0 Å². The van der Waals surface area contributed by atoms with Crippen LogP contribution in [0.2, 0.25) is 0 Å². The van der Waals surface area contributed by atoms with Gasteiger partial charge in [0.15, 0.2) is 0 Å². The Hall–Kier alpha value is -4.40. The minimum atomic E-state index is -0.224. The van der Waals surface area contributed by atoms with Crippen molar-refractivity contribution in [2.45, 2.75) is 0 Å². The smallest absolute Gasteiger partial charge is 0.326 e. The third-order valence-electron chi connectivity index (χ3n) is 5.46. The zero-order valence-electron chi connectivity index (χ0n) is 17.7. The molecular weight excluding hydrogens is 408 g/mol. The molecule has 3 N–H and O–H groups in total. The van der Waals surface area contributed by atoms with Crippen molar-refractivity contribution >= 4 is 27.6 Å². The molecule has 0 fully saturated rings. The maximum Gasteiger partial charge on any atom is 0.326 e. The minimum absolute atomic E-state index is 0.224. The summed E-state index contributed by atoms with van der Waals surface area (Å²) in [5, 5.41) is 0.815. The van der Waals surface area contributed by atoms with E-state index in [0.717, 1.165) is 27.6 Å². The van der Waals surface area contributed by atoms with Crippen LogP contribution in [-0.4, -0.2) is 38.7 Å². The number of benzene rings is 1. The standard InChI is InChI=1S/C23H20N6O3/c1-29-21-19(13-5-7-18(31-2)25-10-13)27-17-6-4-12(8-15(17)20(21)28-23(29)30)14-9-16(24)22(32-3)26-11-14/h4-11H,24H2,1-3H3,(H,28,30). The first-order valence-electron chi connectivity index (χ1n) is 9.83. The Kier molecular flexibility index (Phi) is 4.51. The predicted octanol–water partition coefficient (Wildman–Crippen LogP) is 3.14. The predicted molar refractivity (Wildman–Crippen MR) is 123 cm³/mol. The molecule has 0 amide bonds. The number of imidazole rings is 1. The first kappa shape index (κ1) is 19.6. The second-order valence-electron chi connectivity index (χ2n) is 7.32. The van der Waals surface area contributed by atoms with Crippen LogP contribution in [0.5, 0.6) is 11.8 Å². The molecule has 0 aliphatic carbocycles. The lowest BCUT2D eigenvalue weighted by molar-refractivity contribution is 0.398. The van der Waals surface area contributed by atoms with Gasteiger partial charge in [0.25, 0.3) is 0 Å². The number of hydrogen-bond donors (Lipinski definition) is 2. The minimum Gasteiger partial charge on any atom is -0.481 e. The molecule has 0 spiro atoms. The fourth-order valence-corrected chi connectivity index (χ4v) is 3.82. The fraction of sp³-hybridized carbons (Fsp3) is 0.130. The van der Waals surface area contributed by atoms with Crippen LogP contribution in [-0.2, 0) is 7.05 Å². The van der Waals surface area contributed by atoms with E-state index in [1.165, 1.54) is 7.11 Å². The molecule has 0 radical (unpaired) electrons. The van der Waals surface area contributed by atoms with Gasteiger partial charge < -0.3 is 20.2 Å². The highest BCUT2D eigenvalue weighted by Crippen LogP contribution is 2.34. The van der Waals surface area contributed by atoms with Crippen LogP contribution < -0.4 is 20.9 Å². The summed E-state index contributed by atoms with van der Waals surface area (Å²) in [5.74, 6) is 0.884. The molecule has 160 valence electrons. The van der Waals surface area contributed by atoms with Crippen molar-refractivity contribution in [1.82, 2.24) is 24.5 Å². The maximum atomic E-state index is 12.5. The van der Waals surface area contributed by atoms with Crippen LogP contribution in [0.25, 0.3) is 44.3 Å². The third kappa shape index (κ3) is 3.02. The highest BCUT2D eigenvalue weighted by molar-refractivity contribution is 6.08. The molecular formula is C23H20N6O3. The van der Waals surface area contributed by atoms with Crippen LogP contribution in [0, 0.1) is 0 Å². The van der Waals surface area contributed by atoms with Crippen molar-refractivity contribution < 1.29 is 9.47 Å². The number of nitrogens with one attached hydrogen (secondary N) is 1. The molecule has 0 unspecified atom stereocenters. The summed E-state index contributed by atoms with van der Waals surface area (Å²) >= 11 is 0. The SMILES string of the molecule is COc1ccc(-c2nc3ccc(-c4cnc(OC)c(N)c4)cc3c3[nH]c(=O)n(C)c23)cn1. The lowest BCUT2D eigenvalue weighted by Crippen LogP contribution is -2.12. The molecule has 0 atom stereocenters. The van der Waals surface area contributed by atoms with Gasteiger partial charge >= 0.3 is 5.69 Å². The van der Waals surface area contributed by atoms with Crippen molar-refractivity contribution in [3.8, 4) is 34.1 Å². The quantitative estimate of drug-likeness (QED) is 0.451. The van der Waals surface area contributed by atoms with Gasteiger partial charge in [-0.1, -0.05) is 6.07 Å². The Morgan fingerprint density at radius 3 is 2.44 bits per heavy atom. The van der Waals surface area contributed by atoms with E-state index in [2.05, 4.69) is 15.0 Å². The van der Waals surface area contributed by atoms with Crippen LogP contribution in [0.4, 0.5) is 5.69 Å². The van der Waals surface area contributed by atoms with Gasteiger partial charge in [0, 0.05) is 42.0 Å². The molecule has 1 aromatic carbocycles. The number of hydrogen-bond acceptors (Lipinski definition) is 7. The van der Waals surface area contributed by atoms with Gasteiger partial charge in [-0.15, -0.1) is 0 Å². The average molecular weight is 428 g/mol. The molecule has 0 aliphatic rings. The second kappa shape index (κ2) is 7.38. The fourth-order valence-electron chi connectivity index (χ4n) is 3.82. The highest BCUT2D eigenvalue weighted by atomic mass is 16.5. The zero-order valence-corrected chi connectivity index (χ0v) is 17.7. The van der Waals surface area contributed by atoms with Gasteiger partial charge in [-0.2, -0.15) is 0 Å². The summed E-state index contributed by atoms with van der Waals surface area (Å²) in [5.41, 5.74) is 11.6. The Morgan fingerprint density at radius 1 is 0.969 bits per heavy atom. The van der Waals surface area contributed by atoms with Crippen molar-refractivity contribution in [2.24, 2.45) is 7.05 Å². The summed E-state index contributed by atoms with van der Waals surface area (Å²) < 4.78 is 11.9. The summed E-state index contributed by atoms with van der Waals surface area (Å²) in [6.07, 6.45) is 3.39. The number of aromatic amines is 1. The normalized spacial score (nSPS) is 11.2. The third-order valence-corrected chi connectivity index (χ3v) is 5.46. The van der Waals surface area contributed by atoms with Gasteiger partial charge in [0.1, 0.15) is 0 Å². The second-order valence-corrected chi connectivity index (χ2v) is 7.32. The molecule has 4 aromatic heterocycles. The van der Waals surface area contributed by atoms with E-state index in [9.17, 15) is 4.79 Å². The van der Waals surface area contributed by atoms with Crippen LogP contribution in [0.15, 0.2) is 53.6 Å². The summed E-state index contributed by atoms with van der Waals surface area (Å²) in [6, 6.07) is 11.3. The molecule has 4 heterocycles. The Labute approximate surface area is 182 Å². The van der Waals surface area contributed by atoms with Crippen molar-refractivity contribution in [3.05, 3.63) is 59.3 Å². The number of H-pyrrole nitrogens is 1. The van der Waals surface area contributed by atoms with E-state index in [0.29, 0.717) is 34.2 Å². The number of aromatic nitrogens is 5. The van der Waals surface area contributed by atoms with Crippen LogP contribution in [0.1, 0.15) is 0 Å². The molecule has 5 aromatic rings. The number of aryl methyl sites for hydroxylation is 1. The van der Waals surface area contributed by atoms with E-state index in [1.54, 1.807) is 37.2 Å². The number of ether oxygens (including phenoxy) is 2. The van der Waals surface area contributed by atoms with Crippen molar-refractivity contribution in [1.29, 1.82) is 0 Å². The summed E-state index contributed by atoms with van der Waals surface area (Å²) in [6.45, 7) is 0. The number of rotatable bonds is 4. The monoisotopic (exact) mass is 428 g/mol. The van der Waals surface area contributed by atoms with E-state index >= 15 is 0 Å². The molecule has 0 bridgehead atoms. The lowest BCUT2D eigenvalue weighted by atomic mass is 10.0. The molecule has 0 saturated carbocycles. The van der Waals surface area contributed by atoms with E-state index in [-0.39, 0.29) is 5.69 Å². The number of methoxy groups -OCH3 is 2. The topological polar surface area (TPSA) is 121 Å². The number of pyridine rings is 3. The Morgan fingerprint density at radius 2 is 1.75 bits per heavy atom. The molecule has 32 heavy (non-hydrogen) atoms. The summed E-state index contributed by atoms with van der Waals surface area (Å²) in [4.78, 5) is 28.9. The maximum absolute atomic E-state index is 12.5. The number of fused-ring (bicyclic) bond motifs is 3. The van der Waals surface area contributed by atoms with Gasteiger partial charge in [0.2, 0.25) is 11.8 Å². The Balaban J connectivity index is 1.75. The molecule has 5 rings (SSSR count). The number of nitrogens with two attached hydrogens (primary N) is 1. The first-order valence-corrected chi connectivity index (χ1v) is 9.83. The van der Waals surface area contributed by atoms with E-state index < -0.39 is 0 Å². The van der Waals surface area contributed by atoms with Crippen molar-refractivity contribution in [2.75, 3.05) is 20.0 Å². The average Bonchev–Trinajstić information content (AvgIpc) is 3.13. The molecule has 0 aliphatic heterocycles. The number of anilines is 1.